The van der Waals surface area contributed by atoms with Crippen molar-refractivity contribution in [1.82, 2.24) is 5.32 Å². The normalized spacial score (nSPS) is 18.1. The highest BCUT2D eigenvalue weighted by Crippen LogP contribution is 2.28. The van der Waals surface area contributed by atoms with Crippen LogP contribution in [0.2, 0.25) is 0 Å². The Kier molecular flexibility index (Phi) is 4.99. The van der Waals surface area contributed by atoms with Gasteiger partial charge in [0, 0.05) is 23.5 Å². The van der Waals surface area contributed by atoms with Crippen LogP contribution in [0.25, 0.3) is 0 Å². The average Bonchev–Trinajstić information content (AvgIpc) is 2.89. The third-order valence-corrected chi connectivity index (χ3v) is 4.64. The number of nitrogens with zero attached hydrogens (tertiary/aromatic N) is 1. The molecule has 6 nitrogen and oxygen atoms in total. The molecule has 23 heavy (non-hydrogen) atoms. The number of hydrogen-bond donors (Lipinski definition) is 2. The van der Waals surface area contributed by atoms with E-state index in [9.17, 15) is 14.4 Å². The first-order chi connectivity index (χ1) is 10.7. The molecule has 1 atom stereocenters. The van der Waals surface area contributed by atoms with Crippen LogP contribution in [0, 0.1) is 5.92 Å². The SMILES string of the molecule is CSc1cccc(N2C[C@@H](C(=O)NC(C)(C)C(N)=O)CC2=O)c1. The number of carbonyl (C=O) groups excluding carboxylic acids is 3. The van der Waals surface area contributed by atoms with E-state index in [1.54, 1.807) is 30.5 Å². The average molecular weight is 335 g/mol. The maximum absolute atomic E-state index is 12.3. The first-order valence-electron chi connectivity index (χ1n) is 7.31. The highest BCUT2D eigenvalue weighted by molar-refractivity contribution is 7.98. The zero-order valence-electron chi connectivity index (χ0n) is 13.5. The molecule has 1 aliphatic rings. The standard InChI is InChI=1S/C16H21N3O3S/c1-16(2,15(17)22)18-14(21)10-7-13(20)19(9-10)11-5-4-6-12(8-11)23-3/h4-6,8,10H,7,9H2,1-3H3,(H2,17,22)(H,18,21)/t10-/m0/s1. The summed E-state index contributed by atoms with van der Waals surface area (Å²) in [6, 6.07) is 7.63. The molecule has 1 fully saturated rings. The molecule has 0 unspecified atom stereocenters. The Balaban J connectivity index is 2.10. The van der Waals surface area contributed by atoms with Crippen LogP contribution in [-0.2, 0) is 14.4 Å². The predicted molar refractivity (Wildman–Crippen MR) is 90.1 cm³/mol. The van der Waals surface area contributed by atoms with Crippen LogP contribution >= 0.6 is 11.8 Å². The van der Waals surface area contributed by atoms with Gasteiger partial charge in [-0.25, -0.2) is 0 Å². The number of anilines is 1. The zero-order chi connectivity index (χ0) is 17.2. The molecule has 0 spiro atoms. The Bertz CT molecular complexity index is 645. The number of hydrogen-bond acceptors (Lipinski definition) is 4. The molecule has 1 heterocycles. The van der Waals surface area contributed by atoms with Gasteiger partial charge >= 0.3 is 0 Å². The Morgan fingerprint density at radius 2 is 2.09 bits per heavy atom. The Morgan fingerprint density at radius 1 is 1.39 bits per heavy atom. The van der Waals surface area contributed by atoms with Gasteiger partial charge in [0.1, 0.15) is 5.54 Å². The highest BCUT2D eigenvalue weighted by atomic mass is 32.2. The van der Waals surface area contributed by atoms with E-state index >= 15 is 0 Å². The lowest BCUT2D eigenvalue weighted by Crippen LogP contribution is -2.54. The second kappa shape index (κ2) is 6.62. The van der Waals surface area contributed by atoms with Gasteiger partial charge in [0.05, 0.1) is 5.92 Å². The lowest BCUT2D eigenvalue weighted by Gasteiger charge is -2.24. The first-order valence-corrected chi connectivity index (χ1v) is 8.53. The predicted octanol–water partition coefficient (Wildman–Crippen LogP) is 1.14. The summed E-state index contributed by atoms with van der Waals surface area (Å²) in [4.78, 5) is 38.5. The van der Waals surface area contributed by atoms with Crippen molar-refractivity contribution in [2.45, 2.75) is 30.7 Å². The van der Waals surface area contributed by atoms with E-state index in [1.807, 2.05) is 30.5 Å². The topological polar surface area (TPSA) is 92.5 Å². The van der Waals surface area contributed by atoms with Gasteiger partial charge in [0.25, 0.3) is 0 Å². The molecule has 0 bridgehead atoms. The number of primary amides is 1. The minimum absolute atomic E-state index is 0.0970. The molecule has 7 heteroatoms. The molecule has 1 aliphatic heterocycles. The number of carbonyl (C=O) groups is 3. The summed E-state index contributed by atoms with van der Waals surface area (Å²) in [6.07, 6.45) is 2.09. The second-order valence-electron chi connectivity index (χ2n) is 6.09. The van der Waals surface area contributed by atoms with E-state index in [2.05, 4.69) is 5.32 Å². The van der Waals surface area contributed by atoms with Crippen molar-refractivity contribution in [2.75, 3.05) is 17.7 Å². The van der Waals surface area contributed by atoms with Crippen LogP contribution in [0.3, 0.4) is 0 Å². The van der Waals surface area contributed by atoms with Gasteiger partial charge in [0.2, 0.25) is 17.7 Å². The minimum atomic E-state index is -1.13. The molecule has 1 aromatic carbocycles. The van der Waals surface area contributed by atoms with E-state index in [0.29, 0.717) is 6.54 Å². The molecule has 3 amide bonds. The van der Waals surface area contributed by atoms with Gasteiger partial charge in [0.15, 0.2) is 0 Å². The van der Waals surface area contributed by atoms with Crippen LogP contribution in [0.4, 0.5) is 5.69 Å². The summed E-state index contributed by atoms with van der Waals surface area (Å²) in [6.45, 7) is 3.39. The quantitative estimate of drug-likeness (QED) is 0.789. The van der Waals surface area contributed by atoms with Gasteiger partial charge in [-0.2, -0.15) is 0 Å². The summed E-state index contributed by atoms with van der Waals surface area (Å²) >= 11 is 1.59. The van der Waals surface area contributed by atoms with Gasteiger partial charge in [-0.3, -0.25) is 14.4 Å². The van der Waals surface area contributed by atoms with Crippen LogP contribution in [-0.4, -0.2) is 36.1 Å². The van der Waals surface area contributed by atoms with Crippen molar-refractivity contribution in [3.05, 3.63) is 24.3 Å². The Morgan fingerprint density at radius 3 is 2.70 bits per heavy atom. The van der Waals surface area contributed by atoms with E-state index < -0.39 is 17.4 Å². The Hall–Kier alpha value is -2.02. The molecule has 0 radical (unpaired) electrons. The smallest absolute Gasteiger partial charge is 0.242 e. The van der Waals surface area contributed by atoms with Crippen LogP contribution in [0.5, 0.6) is 0 Å². The van der Waals surface area contributed by atoms with E-state index in [4.69, 9.17) is 5.73 Å². The maximum Gasteiger partial charge on any atom is 0.242 e. The fourth-order valence-corrected chi connectivity index (χ4v) is 2.84. The molecule has 0 aliphatic carbocycles. The number of amides is 3. The Labute approximate surface area is 139 Å². The third kappa shape index (κ3) is 3.85. The monoisotopic (exact) mass is 335 g/mol. The molecule has 3 N–H and O–H groups in total. The van der Waals surface area contributed by atoms with Crippen LogP contribution in [0.15, 0.2) is 29.2 Å². The molecule has 1 saturated heterocycles. The summed E-state index contributed by atoms with van der Waals surface area (Å²) < 4.78 is 0. The summed E-state index contributed by atoms with van der Waals surface area (Å²) in [5.41, 5.74) is 4.91. The number of nitrogens with one attached hydrogen (secondary N) is 1. The minimum Gasteiger partial charge on any atom is -0.368 e. The summed E-state index contributed by atoms with van der Waals surface area (Å²) in [7, 11) is 0. The van der Waals surface area contributed by atoms with Crippen molar-refractivity contribution in [3.63, 3.8) is 0 Å². The fourth-order valence-electron chi connectivity index (χ4n) is 2.38. The molecule has 1 aromatic rings. The van der Waals surface area contributed by atoms with Gasteiger partial charge in [-0.05, 0) is 38.3 Å². The number of nitrogens with two attached hydrogens (primary N) is 1. The zero-order valence-corrected chi connectivity index (χ0v) is 14.3. The fraction of sp³-hybridized carbons (Fsp3) is 0.438. The van der Waals surface area contributed by atoms with E-state index in [-0.39, 0.29) is 18.2 Å². The molecular weight excluding hydrogens is 314 g/mol. The molecule has 0 aromatic heterocycles. The van der Waals surface area contributed by atoms with Crippen LogP contribution < -0.4 is 16.0 Å². The second-order valence-corrected chi connectivity index (χ2v) is 6.97. The first kappa shape index (κ1) is 17.3. The molecule has 2 rings (SSSR count). The van der Waals surface area contributed by atoms with Gasteiger partial charge in [-0.1, -0.05) is 6.07 Å². The third-order valence-electron chi connectivity index (χ3n) is 3.91. The number of rotatable bonds is 5. The van der Waals surface area contributed by atoms with E-state index in [0.717, 1.165) is 10.6 Å². The van der Waals surface area contributed by atoms with Crippen molar-refractivity contribution in [1.29, 1.82) is 0 Å². The molecule has 124 valence electrons. The van der Waals surface area contributed by atoms with Crippen LogP contribution in [0.1, 0.15) is 20.3 Å². The maximum atomic E-state index is 12.3. The van der Waals surface area contributed by atoms with Crippen molar-refractivity contribution < 1.29 is 14.4 Å². The van der Waals surface area contributed by atoms with E-state index in [1.165, 1.54) is 0 Å². The lowest BCUT2D eigenvalue weighted by atomic mass is 10.0. The van der Waals surface area contributed by atoms with Crippen molar-refractivity contribution in [3.8, 4) is 0 Å². The largest absolute Gasteiger partial charge is 0.368 e. The summed E-state index contributed by atoms with van der Waals surface area (Å²) in [5.74, 6) is -1.52. The lowest BCUT2D eigenvalue weighted by molar-refractivity contribution is -0.132. The van der Waals surface area contributed by atoms with Crippen molar-refractivity contribution in [2.24, 2.45) is 11.7 Å². The molecule has 0 saturated carbocycles. The molecular formula is C16H21N3O3S. The summed E-state index contributed by atoms with van der Waals surface area (Å²) in [5, 5.41) is 2.62. The highest BCUT2D eigenvalue weighted by Gasteiger charge is 2.38. The van der Waals surface area contributed by atoms with Crippen molar-refractivity contribution >= 4 is 35.2 Å². The van der Waals surface area contributed by atoms with Gasteiger partial charge < -0.3 is 16.0 Å². The van der Waals surface area contributed by atoms with Gasteiger partial charge in [-0.15, -0.1) is 11.8 Å². The number of benzene rings is 1. The number of thioether (sulfide) groups is 1.